The van der Waals surface area contributed by atoms with Crippen molar-refractivity contribution in [2.24, 2.45) is 11.7 Å². The zero-order valence-corrected chi connectivity index (χ0v) is 17.5. The number of hydrogen-bond donors (Lipinski definition) is 2. The highest BCUT2D eigenvalue weighted by Crippen LogP contribution is 2.27. The van der Waals surface area contributed by atoms with Crippen LogP contribution in [-0.4, -0.2) is 31.5 Å². The molecule has 1 aromatic carbocycles. The number of anilines is 1. The normalized spacial score (nSPS) is 12.7. The highest BCUT2D eigenvalue weighted by Gasteiger charge is 2.19. The molecule has 0 saturated heterocycles. The Morgan fingerprint density at radius 2 is 2.11 bits per heavy atom. The number of nitrogens with one attached hydrogen (secondary N) is 1. The molecule has 3 rings (SSSR count). The smallest absolute Gasteiger partial charge is 0.235 e. The highest BCUT2D eigenvalue weighted by atomic mass is 32.2. The molecule has 0 aliphatic rings. The lowest BCUT2D eigenvalue weighted by Crippen LogP contribution is -2.17. The summed E-state index contributed by atoms with van der Waals surface area (Å²) in [6.07, 6.45) is 0.819. The van der Waals surface area contributed by atoms with E-state index in [4.69, 9.17) is 5.73 Å². The Labute approximate surface area is 166 Å². The lowest BCUT2D eigenvalue weighted by molar-refractivity contribution is -0.113. The summed E-state index contributed by atoms with van der Waals surface area (Å²) in [5, 5.41) is 15.8. The SMILES string of the molecule is Cc1ccc(NC(=O)CSc2nn3c(C(N)CC(C)C)nnc3s2)c(C)c1. The maximum Gasteiger partial charge on any atom is 0.235 e. The van der Waals surface area contributed by atoms with Gasteiger partial charge in [0, 0.05) is 5.69 Å². The van der Waals surface area contributed by atoms with E-state index >= 15 is 0 Å². The number of nitrogens with two attached hydrogens (primary N) is 1. The maximum absolute atomic E-state index is 12.3. The molecule has 0 aliphatic carbocycles. The quantitative estimate of drug-likeness (QED) is 0.584. The van der Waals surface area contributed by atoms with E-state index in [9.17, 15) is 4.79 Å². The molecule has 3 N–H and O–H groups in total. The Bertz CT molecular complexity index is 949. The summed E-state index contributed by atoms with van der Waals surface area (Å²) >= 11 is 2.80. The van der Waals surface area contributed by atoms with Gasteiger partial charge in [-0.2, -0.15) is 4.52 Å². The van der Waals surface area contributed by atoms with Crippen molar-refractivity contribution in [3.8, 4) is 0 Å². The molecule has 0 bridgehead atoms. The minimum atomic E-state index is -0.201. The summed E-state index contributed by atoms with van der Waals surface area (Å²) in [4.78, 5) is 13.0. The molecule has 1 atom stereocenters. The zero-order valence-electron chi connectivity index (χ0n) is 15.9. The summed E-state index contributed by atoms with van der Waals surface area (Å²) in [6.45, 7) is 8.26. The number of amides is 1. The molecule has 1 unspecified atom stereocenters. The minimum Gasteiger partial charge on any atom is -0.325 e. The maximum atomic E-state index is 12.3. The third-order valence-corrected chi connectivity index (χ3v) is 6.07. The number of aryl methyl sites for hydroxylation is 2. The molecule has 1 amide bonds. The fourth-order valence-electron chi connectivity index (χ4n) is 2.78. The van der Waals surface area contributed by atoms with Crippen LogP contribution in [0.2, 0.25) is 0 Å². The fourth-order valence-corrected chi connectivity index (χ4v) is 4.47. The zero-order chi connectivity index (χ0) is 19.6. The second-order valence-corrected chi connectivity index (χ2v) is 9.19. The van der Waals surface area contributed by atoms with Gasteiger partial charge in [-0.05, 0) is 37.8 Å². The van der Waals surface area contributed by atoms with E-state index in [0.29, 0.717) is 16.7 Å². The number of benzene rings is 1. The van der Waals surface area contributed by atoms with Crippen LogP contribution in [0.1, 0.15) is 43.3 Å². The first kappa shape index (κ1) is 19.8. The molecule has 0 saturated carbocycles. The molecule has 0 spiro atoms. The number of carbonyl (C=O) groups excluding carboxylic acids is 1. The number of aromatic nitrogens is 4. The molecule has 0 aliphatic heterocycles. The first-order valence-corrected chi connectivity index (χ1v) is 10.6. The number of rotatable bonds is 7. The van der Waals surface area contributed by atoms with E-state index in [1.54, 1.807) is 4.52 Å². The topological polar surface area (TPSA) is 98.2 Å². The number of hydrogen-bond acceptors (Lipinski definition) is 7. The van der Waals surface area contributed by atoms with Crippen LogP contribution in [-0.2, 0) is 4.79 Å². The summed E-state index contributed by atoms with van der Waals surface area (Å²) in [6, 6.07) is 5.76. The van der Waals surface area contributed by atoms with E-state index in [2.05, 4.69) is 34.5 Å². The van der Waals surface area contributed by atoms with Gasteiger partial charge in [0.1, 0.15) is 0 Å². The van der Waals surface area contributed by atoms with Gasteiger partial charge >= 0.3 is 0 Å². The average Bonchev–Trinajstić information content (AvgIpc) is 3.14. The van der Waals surface area contributed by atoms with E-state index in [-0.39, 0.29) is 17.7 Å². The van der Waals surface area contributed by atoms with Gasteiger partial charge in [-0.15, -0.1) is 15.3 Å². The van der Waals surface area contributed by atoms with E-state index in [0.717, 1.165) is 22.0 Å². The van der Waals surface area contributed by atoms with Gasteiger partial charge in [0.25, 0.3) is 0 Å². The first-order chi connectivity index (χ1) is 12.8. The van der Waals surface area contributed by atoms with Crippen molar-refractivity contribution in [1.29, 1.82) is 0 Å². The van der Waals surface area contributed by atoms with Gasteiger partial charge in [-0.25, -0.2) is 0 Å². The molecule has 2 aromatic heterocycles. The van der Waals surface area contributed by atoms with Crippen molar-refractivity contribution in [2.45, 2.75) is 44.5 Å². The third-order valence-electron chi connectivity index (χ3n) is 4.04. The number of fused-ring (bicyclic) bond motifs is 1. The Morgan fingerprint density at radius 1 is 1.33 bits per heavy atom. The van der Waals surface area contributed by atoms with Crippen molar-refractivity contribution in [3.63, 3.8) is 0 Å². The molecule has 0 radical (unpaired) electrons. The van der Waals surface area contributed by atoms with Gasteiger partial charge in [0.2, 0.25) is 10.9 Å². The van der Waals surface area contributed by atoms with Crippen molar-refractivity contribution in [1.82, 2.24) is 19.8 Å². The first-order valence-electron chi connectivity index (χ1n) is 8.81. The largest absolute Gasteiger partial charge is 0.325 e. The molecule has 27 heavy (non-hydrogen) atoms. The van der Waals surface area contributed by atoms with Crippen LogP contribution in [0.3, 0.4) is 0 Å². The van der Waals surface area contributed by atoms with Gasteiger partial charge < -0.3 is 11.1 Å². The van der Waals surface area contributed by atoms with Crippen molar-refractivity contribution in [3.05, 3.63) is 35.2 Å². The Kier molecular flexibility index (Phi) is 6.13. The summed E-state index contributed by atoms with van der Waals surface area (Å²) < 4.78 is 2.47. The Morgan fingerprint density at radius 3 is 2.81 bits per heavy atom. The molecule has 0 fully saturated rings. The molecule has 9 heteroatoms. The number of thioether (sulfide) groups is 1. The molecular formula is C18H24N6OS2. The molecular weight excluding hydrogens is 380 g/mol. The third kappa shape index (κ3) is 4.85. The molecule has 7 nitrogen and oxygen atoms in total. The van der Waals surface area contributed by atoms with Gasteiger partial charge in [-0.3, -0.25) is 4.79 Å². The second-order valence-electron chi connectivity index (χ2n) is 7.01. The van der Waals surface area contributed by atoms with E-state index in [1.165, 1.54) is 28.7 Å². The van der Waals surface area contributed by atoms with Crippen LogP contribution >= 0.6 is 23.1 Å². The van der Waals surface area contributed by atoms with Gasteiger partial charge in [0.05, 0.1) is 11.8 Å². The summed E-state index contributed by atoms with van der Waals surface area (Å²) in [7, 11) is 0. The highest BCUT2D eigenvalue weighted by molar-refractivity contribution is 8.01. The predicted octanol–water partition coefficient (Wildman–Crippen LogP) is 3.58. The van der Waals surface area contributed by atoms with Crippen molar-refractivity contribution >= 4 is 39.7 Å². The van der Waals surface area contributed by atoms with Gasteiger partial charge in [0.15, 0.2) is 10.2 Å². The van der Waals surface area contributed by atoms with Gasteiger partial charge in [-0.1, -0.05) is 54.6 Å². The molecule has 2 heterocycles. The minimum absolute atomic E-state index is 0.0605. The van der Waals surface area contributed by atoms with E-state index < -0.39 is 0 Å². The lowest BCUT2D eigenvalue weighted by atomic mass is 10.0. The fraction of sp³-hybridized carbons (Fsp3) is 0.444. The van der Waals surface area contributed by atoms with Crippen LogP contribution in [0.25, 0.3) is 4.96 Å². The van der Waals surface area contributed by atoms with Crippen LogP contribution in [0, 0.1) is 19.8 Å². The predicted molar refractivity (Wildman–Crippen MR) is 110 cm³/mol. The van der Waals surface area contributed by atoms with Crippen LogP contribution < -0.4 is 11.1 Å². The van der Waals surface area contributed by atoms with Crippen LogP contribution in [0.5, 0.6) is 0 Å². The lowest BCUT2D eigenvalue weighted by Gasteiger charge is -2.10. The monoisotopic (exact) mass is 404 g/mol. The average molecular weight is 405 g/mol. The van der Waals surface area contributed by atoms with Crippen LogP contribution in [0.4, 0.5) is 5.69 Å². The molecule has 3 aromatic rings. The standard InChI is InChI=1S/C18H24N6OS2/c1-10(2)7-13(19)16-21-22-17-24(16)23-18(27-17)26-9-15(25)20-14-6-5-11(3)8-12(14)4/h5-6,8,10,13H,7,9,19H2,1-4H3,(H,20,25). The summed E-state index contributed by atoms with van der Waals surface area (Å²) in [5.41, 5.74) is 9.28. The van der Waals surface area contributed by atoms with Crippen molar-refractivity contribution < 1.29 is 4.79 Å². The Hall–Kier alpha value is -1.97. The number of nitrogens with zero attached hydrogens (tertiary/aromatic N) is 4. The number of carbonyl (C=O) groups is 1. The second kappa shape index (κ2) is 8.37. The van der Waals surface area contributed by atoms with E-state index in [1.807, 2.05) is 32.0 Å². The van der Waals surface area contributed by atoms with Crippen LogP contribution in [0.15, 0.2) is 22.5 Å². The molecule has 144 valence electrons. The summed E-state index contributed by atoms with van der Waals surface area (Å²) in [5.74, 6) is 1.36. The van der Waals surface area contributed by atoms with Crippen molar-refractivity contribution in [2.75, 3.05) is 11.1 Å². The Balaban J connectivity index is 1.63.